The van der Waals surface area contributed by atoms with E-state index in [0.717, 1.165) is 0 Å². The molecule has 0 saturated heterocycles. The molecule has 0 aliphatic carbocycles. The van der Waals surface area contributed by atoms with Gasteiger partial charge in [-0.15, -0.1) is 0 Å². The van der Waals surface area contributed by atoms with Crippen LogP contribution >= 0.6 is 11.6 Å². The molecule has 1 atom stereocenters. The molecule has 17 heavy (non-hydrogen) atoms. The van der Waals surface area contributed by atoms with Crippen molar-refractivity contribution in [2.45, 2.75) is 26.9 Å². The summed E-state index contributed by atoms with van der Waals surface area (Å²) in [4.78, 5) is 11.7. The van der Waals surface area contributed by atoms with E-state index in [4.69, 9.17) is 16.3 Å². The third-order valence-electron chi connectivity index (χ3n) is 2.19. The molecule has 1 N–H and O–H groups in total. The molecule has 0 aliphatic rings. The Morgan fingerprint density at radius 2 is 2.00 bits per heavy atom. The van der Waals surface area contributed by atoms with Crippen molar-refractivity contribution in [2.75, 3.05) is 6.54 Å². The molecule has 3 nitrogen and oxygen atoms in total. The molecule has 0 radical (unpaired) electrons. The lowest BCUT2D eigenvalue weighted by Crippen LogP contribution is -2.38. The predicted octanol–water partition coefficient (Wildman–Crippen LogP) is 2.88. The van der Waals surface area contributed by atoms with Gasteiger partial charge in [-0.3, -0.25) is 4.79 Å². The van der Waals surface area contributed by atoms with Gasteiger partial charge in [-0.1, -0.05) is 37.6 Å². The molecule has 0 aromatic heterocycles. The summed E-state index contributed by atoms with van der Waals surface area (Å²) in [5.74, 6) is 0.825. The normalized spacial score (nSPS) is 12.3. The van der Waals surface area contributed by atoms with Crippen LogP contribution in [-0.2, 0) is 4.79 Å². The van der Waals surface area contributed by atoms with Crippen molar-refractivity contribution >= 4 is 17.5 Å². The van der Waals surface area contributed by atoms with Crippen LogP contribution < -0.4 is 10.1 Å². The van der Waals surface area contributed by atoms with E-state index >= 15 is 0 Å². The SMILES string of the molecule is CC(C)CNC(=O)[C@H](C)Oc1ccccc1Cl. The van der Waals surface area contributed by atoms with Crippen LogP contribution in [-0.4, -0.2) is 18.6 Å². The first-order valence-electron chi connectivity index (χ1n) is 5.69. The molecule has 0 fully saturated rings. The minimum atomic E-state index is -0.548. The standard InChI is InChI=1S/C13H18ClNO2/c1-9(2)8-15-13(16)10(3)17-12-7-5-4-6-11(12)14/h4-7,9-10H,8H2,1-3H3,(H,15,16)/t10-/m0/s1. The van der Waals surface area contributed by atoms with E-state index in [1.807, 2.05) is 26.0 Å². The van der Waals surface area contributed by atoms with Gasteiger partial charge in [0.2, 0.25) is 0 Å². The number of nitrogens with one attached hydrogen (secondary N) is 1. The minimum absolute atomic E-state index is 0.126. The zero-order valence-electron chi connectivity index (χ0n) is 10.4. The summed E-state index contributed by atoms with van der Waals surface area (Å²) in [6.45, 7) is 6.44. The molecule has 1 amide bonds. The van der Waals surface area contributed by atoms with Crippen molar-refractivity contribution < 1.29 is 9.53 Å². The van der Waals surface area contributed by atoms with Crippen LogP contribution in [0.2, 0.25) is 5.02 Å². The predicted molar refractivity (Wildman–Crippen MR) is 69.4 cm³/mol. The fraction of sp³-hybridized carbons (Fsp3) is 0.462. The minimum Gasteiger partial charge on any atom is -0.479 e. The zero-order chi connectivity index (χ0) is 12.8. The summed E-state index contributed by atoms with van der Waals surface area (Å²) in [5.41, 5.74) is 0. The molecule has 1 aromatic rings. The fourth-order valence-corrected chi connectivity index (χ4v) is 1.41. The Hall–Kier alpha value is -1.22. The fourth-order valence-electron chi connectivity index (χ4n) is 1.23. The van der Waals surface area contributed by atoms with E-state index in [9.17, 15) is 4.79 Å². The second-order valence-corrected chi connectivity index (χ2v) is 4.74. The first kappa shape index (κ1) is 13.8. The highest BCUT2D eigenvalue weighted by Gasteiger charge is 2.15. The Morgan fingerprint density at radius 3 is 2.59 bits per heavy atom. The van der Waals surface area contributed by atoms with Gasteiger partial charge >= 0.3 is 0 Å². The third kappa shape index (κ3) is 4.65. The van der Waals surface area contributed by atoms with Gasteiger partial charge in [0.15, 0.2) is 6.10 Å². The number of ether oxygens (including phenoxy) is 1. The average Bonchev–Trinajstić information content (AvgIpc) is 2.28. The highest BCUT2D eigenvalue weighted by Crippen LogP contribution is 2.24. The molecule has 1 aromatic carbocycles. The summed E-state index contributed by atoms with van der Waals surface area (Å²) in [6, 6.07) is 7.11. The Morgan fingerprint density at radius 1 is 1.35 bits per heavy atom. The van der Waals surface area contributed by atoms with Crippen LogP contribution in [0.1, 0.15) is 20.8 Å². The molecule has 0 aliphatic heterocycles. The molecule has 0 unspecified atom stereocenters. The molecule has 0 bridgehead atoms. The van der Waals surface area contributed by atoms with Crippen LogP contribution in [0.3, 0.4) is 0 Å². The first-order valence-corrected chi connectivity index (χ1v) is 6.07. The topological polar surface area (TPSA) is 38.3 Å². The van der Waals surface area contributed by atoms with Crippen LogP contribution in [0.15, 0.2) is 24.3 Å². The lowest BCUT2D eigenvalue weighted by molar-refractivity contribution is -0.127. The van der Waals surface area contributed by atoms with Crippen molar-refractivity contribution in [1.29, 1.82) is 0 Å². The lowest BCUT2D eigenvalue weighted by Gasteiger charge is -2.16. The Bertz CT molecular complexity index is 379. The van der Waals surface area contributed by atoms with Gasteiger partial charge in [0, 0.05) is 6.54 Å². The Kier molecular flexibility index (Phi) is 5.29. The molecule has 1 rings (SSSR count). The number of halogens is 1. The maximum Gasteiger partial charge on any atom is 0.260 e. The van der Waals surface area contributed by atoms with Crippen LogP contribution in [0.25, 0.3) is 0 Å². The summed E-state index contributed by atoms with van der Waals surface area (Å²) < 4.78 is 5.50. The van der Waals surface area contributed by atoms with Crippen LogP contribution in [0.5, 0.6) is 5.75 Å². The highest BCUT2D eigenvalue weighted by atomic mass is 35.5. The number of hydrogen-bond acceptors (Lipinski definition) is 2. The van der Waals surface area contributed by atoms with E-state index in [0.29, 0.717) is 23.2 Å². The lowest BCUT2D eigenvalue weighted by atomic mass is 10.2. The van der Waals surface area contributed by atoms with Crippen molar-refractivity contribution in [3.63, 3.8) is 0 Å². The van der Waals surface area contributed by atoms with E-state index in [2.05, 4.69) is 5.32 Å². The quantitative estimate of drug-likeness (QED) is 0.879. The van der Waals surface area contributed by atoms with Gasteiger partial charge in [-0.2, -0.15) is 0 Å². The molecule has 0 spiro atoms. The Labute approximate surface area is 107 Å². The number of rotatable bonds is 5. The number of hydrogen-bond donors (Lipinski definition) is 1. The van der Waals surface area contributed by atoms with Gasteiger partial charge in [-0.05, 0) is 25.0 Å². The van der Waals surface area contributed by atoms with Crippen molar-refractivity contribution in [2.24, 2.45) is 5.92 Å². The van der Waals surface area contributed by atoms with E-state index in [1.54, 1.807) is 19.1 Å². The highest BCUT2D eigenvalue weighted by molar-refractivity contribution is 6.32. The zero-order valence-corrected chi connectivity index (χ0v) is 11.1. The molecule has 4 heteroatoms. The van der Waals surface area contributed by atoms with Gasteiger partial charge in [-0.25, -0.2) is 0 Å². The number of benzene rings is 1. The molecular weight excluding hydrogens is 238 g/mol. The van der Waals surface area contributed by atoms with Crippen LogP contribution in [0, 0.1) is 5.92 Å². The summed E-state index contributed by atoms with van der Waals surface area (Å²) in [6.07, 6.45) is -0.548. The number of carbonyl (C=O) groups excluding carboxylic acids is 1. The number of amides is 1. The molecule has 0 saturated carbocycles. The average molecular weight is 256 g/mol. The summed E-state index contributed by atoms with van der Waals surface area (Å²) >= 11 is 5.94. The third-order valence-corrected chi connectivity index (χ3v) is 2.51. The van der Waals surface area contributed by atoms with Gasteiger partial charge < -0.3 is 10.1 Å². The number of para-hydroxylation sites is 1. The molecule has 94 valence electrons. The monoisotopic (exact) mass is 255 g/mol. The maximum absolute atomic E-state index is 11.7. The molecular formula is C13H18ClNO2. The largest absolute Gasteiger partial charge is 0.479 e. The first-order chi connectivity index (χ1) is 8.00. The smallest absolute Gasteiger partial charge is 0.260 e. The van der Waals surface area contributed by atoms with Crippen molar-refractivity contribution in [3.05, 3.63) is 29.3 Å². The molecule has 0 heterocycles. The van der Waals surface area contributed by atoms with Gasteiger partial charge in [0.1, 0.15) is 5.75 Å². The van der Waals surface area contributed by atoms with Gasteiger partial charge in [0.25, 0.3) is 5.91 Å². The van der Waals surface area contributed by atoms with Crippen molar-refractivity contribution in [1.82, 2.24) is 5.32 Å². The second-order valence-electron chi connectivity index (χ2n) is 4.33. The number of carbonyl (C=O) groups is 1. The van der Waals surface area contributed by atoms with Crippen LogP contribution in [0.4, 0.5) is 0 Å². The van der Waals surface area contributed by atoms with Gasteiger partial charge in [0.05, 0.1) is 5.02 Å². The second kappa shape index (κ2) is 6.50. The van der Waals surface area contributed by atoms with E-state index in [1.165, 1.54) is 0 Å². The van der Waals surface area contributed by atoms with E-state index in [-0.39, 0.29) is 5.91 Å². The summed E-state index contributed by atoms with van der Waals surface area (Å²) in [7, 11) is 0. The summed E-state index contributed by atoms with van der Waals surface area (Å²) in [5, 5.41) is 3.32. The maximum atomic E-state index is 11.7. The Balaban J connectivity index is 2.51. The van der Waals surface area contributed by atoms with Crippen molar-refractivity contribution in [3.8, 4) is 5.75 Å². The van der Waals surface area contributed by atoms with E-state index < -0.39 is 6.10 Å².